The van der Waals surface area contributed by atoms with Crippen molar-refractivity contribution in [1.29, 1.82) is 0 Å². The van der Waals surface area contributed by atoms with Gasteiger partial charge in [0.05, 0.1) is 0 Å². The van der Waals surface area contributed by atoms with Crippen molar-refractivity contribution in [1.82, 2.24) is 15.1 Å². The van der Waals surface area contributed by atoms with E-state index < -0.39 is 0 Å². The summed E-state index contributed by atoms with van der Waals surface area (Å²) in [7, 11) is 2.17. The molecular formula is C17H28N4O. The Bertz CT molecular complexity index is 466. The van der Waals surface area contributed by atoms with E-state index in [1.165, 1.54) is 5.56 Å². The highest BCUT2D eigenvalue weighted by Crippen LogP contribution is 2.10. The Hall–Kier alpha value is -1.43. The minimum Gasteiger partial charge on any atom is -0.352 e. The second-order valence-corrected chi connectivity index (χ2v) is 6.25. The third kappa shape index (κ3) is 5.09. The molecule has 0 spiro atoms. The molecule has 1 unspecified atom stereocenters. The number of benzene rings is 1. The van der Waals surface area contributed by atoms with Crippen LogP contribution in [0.25, 0.3) is 0 Å². The van der Waals surface area contributed by atoms with E-state index in [1.807, 2.05) is 6.92 Å². The molecule has 1 heterocycles. The Labute approximate surface area is 133 Å². The SMILES string of the molecule is CC(CN)C(=O)NCc1ccc(CN2CCN(C)CC2)cc1. The molecule has 3 N–H and O–H groups in total. The van der Waals surface area contributed by atoms with Crippen LogP contribution in [0.2, 0.25) is 0 Å². The Morgan fingerprint density at radius 2 is 1.77 bits per heavy atom. The minimum absolute atomic E-state index is 0.0176. The molecule has 5 heteroatoms. The summed E-state index contributed by atoms with van der Waals surface area (Å²) in [6.07, 6.45) is 0. The fraction of sp³-hybridized carbons (Fsp3) is 0.588. The van der Waals surface area contributed by atoms with E-state index >= 15 is 0 Å². The summed E-state index contributed by atoms with van der Waals surface area (Å²) in [6, 6.07) is 8.51. The van der Waals surface area contributed by atoms with Crippen molar-refractivity contribution in [2.24, 2.45) is 11.7 Å². The number of nitrogens with one attached hydrogen (secondary N) is 1. The molecule has 2 rings (SSSR count). The molecule has 1 amide bonds. The minimum atomic E-state index is -0.128. The first kappa shape index (κ1) is 16.9. The molecule has 122 valence electrons. The van der Waals surface area contributed by atoms with Crippen molar-refractivity contribution in [3.63, 3.8) is 0 Å². The molecule has 0 aliphatic carbocycles. The topological polar surface area (TPSA) is 61.6 Å². The van der Waals surface area contributed by atoms with Gasteiger partial charge >= 0.3 is 0 Å². The molecule has 5 nitrogen and oxygen atoms in total. The van der Waals surface area contributed by atoms with Crippen molar-refractivity contribution < 1.29 is 4.79 Å². The van der Waals surface area contributed by atoms with Gasteiger partial charge in [0.2, 0.25) is 5.91 Å². The molecule has 0 bridgehead atoms. The highest BCUT2D eigenvalue weighted by Gasteiger charge is 2.14. The lowest BCUT2D eigenvalue weighted by Crippen LogP contribution is -2.43. The Morgan fingerprint density at radius 1 is 1.18 bits per heavy atom. The van der Waals surface area contributed by atoms with Gasteiger partial charge in [-0.1, -0.05) is 31.2 Å². The van der Waals surface area contributed by atoms with E-state index in [2.05, 4.69) is 46.4 Å². The first-order valence-electron chi connectivity index (χ1n) is 8.05. The maximum absolute atomic E-state index is 11.7. The number of nitrogens with zero attached hydrogens (tertiary/aromatic N) is 2. The summed E-state index contributed by atoms with van der Waals surface area (Å²) in [4.78, 5) is 16.6. The standard InChI is InChI=1S/C17H28N4O/c1-14(11-18)17(22)19-12-15-3-5-16(6-4-15)13-21-9-7-20(2)8-10-21/h3-6,14H,7-13,18H2,1-2H3,(H,19,22). The average molecular weight is 304 g/mol. The summed E-state index contributed by atoms with van der Waals surface area (Å²) >= 11 is 0. The summed E-state index contributed by atoms with van der Waals surface area (Å²) in [5.74, 6) is -0.111. The fourth-order valence-corrected chi connectivity index (χ4v) is 2.50. The van der Waals surface area contributed by atoms with Crippen LogP contribution in [-0.4, -0.2) is 55.5 Å². The van der Waals surface area contributed by atoms with Crippen LogP contribution in [0.15, 0.2) is 24.3 Å². The maximum atomic E-state index is 11.7. The molecule has 0 saturated carbocycles. The van der Waals surface area contributed by atoms with Crippen LogP contribution in [0, 0.1) is 5.92 Å². The lowest BCUT2D eigenvalue weighted by Gasteiger charge is -2.32. The highest BCUT2D eigenvalue weighted by atomic mass is 16.1. The molecule has 22 heavy (non-hydrogen) atoms. The Balaban J connectivity index is 1.79. The molecule has 1 aliphatic heterocycles. The lowest BCUT2D eigenvalue weighted by atomic mass is 10.1. The number of carbonyl (C=O) groups excluding carboxylic acids is 1. The number of likely N-dealkylation sites (N-methyl/N-ethyl adjacent to an activating group) is 1. The number of carbonyl (C=O) groups is 1. The van der Waals surface area contributed by atoms with Crippen molar-refractivity contribution in [3.05, 3.63) is 35.4 Å². The molecule has 1 aromatic carbocycles. The Kier molecular flexibility index (Phi) is 6.36. The third-order valence-corrected chi connectivity index (χ3v) is 4.29. The van der Waals surface area contributed by atoms with Gasteiger partial charge in [-0.05, 0) is 18.2 Å². The van der Waals surface area contributed by atoms with Gasteiger partial charge in [0.25, 0.3) is 0 Å². The van der Waals surface area contributed by atoms with Gasteiger partial charge in [-0.25, -0.2) is 0 Å². The van der Waals surface area contributed by atoms with Gasteiger partial charge in [0, 0.05) is 51.7 Å². The lowest BCUT2D eigenvalue weighted by molar-refractivity contribution is -0.124. The molecule has 1 saturated heterocycles. The first-order valence-corrected chi connectivity index (χ1v) is 8.05. The van der Waals surface area contributed by atoms with Crippen molar-refractivity contribution in [3.8, 4) is 0 Å². The molecule has 1 aromatic rings. The predicted octanol–water partition coefficient (Wildman–Crippen LogP) is 0.645. The van der Waals surface area contributed by atoms with Crippen LogP contribution in [0.4, 0.5) is 0 Å². The van der Waals surface area contributed by atoms with Crippen molar-refractivity contribution in [2.45, 2.75) is 20.0 Å². The summed E-state index contributed by atoms with van der Waals surface area (Å²) in [6.45, 7) is 8.34. The normalized spacial score (nSPS) is 18.1. The van der Waals surface area contributed by atoms with E-state index in [0.29, 0.717) is 13.1 Å². The highest BCUT2D eigenvalue weighted by molar-refractivity contribution is 5.78. The van der Waals surface area contributed by atoms with Gasteiger partial charge in [-0.3, -0.25) is 9.69 Å². The van der Waals surface area contributed by atoms with E-state index in [-0.39, 0.29) is 11.8 Å². The van der Waals surface area contributed by atoms with E-state index in [1.54, 1.807) is 0 Å². The molecule has 1 aliphatic rings. The first-order chi connectivity index (χ1) is 10.6. The predicted molar refractivity (Wildman–Crippen MR) is 89.3 cm³/mol. The molecule has 0 aromatic heterocycles. The van der Waals surface area contributed by atoms with Crippen LogP contribution in [0.1, 0.15) is 18.1 Å². The third-order valence-electron chi connectivity index (χ3n) is 4.29. The van der Waals surface area contributed by atoms with Gasteiger partial charge in [-0.2, -0.15) is 0 Å². The number of amides is 1. The number of nitrogens with two attached hydrogens (primary N) is 1. The molecule has 1 fully saturated rings. The number of piperazine rings is 1. The van der Waals surface area contributed by atoms with E-state index in [0.717, 1.165) is 38.3 Å². The van der Waals surface area contributed by atoms with Gasteiger partial charge in [0.1, 0.15) is 0 Å². The monoisotopic (exact) mass is 304 g/mol. The zero-order chi connectivity index (χ0) is 15.9. The largest absolute Gasteiger partial charge is 0.352 e. The Morgan fingerprint density at radius 3 is 2.36 bits per heavy atom. The van der Waals surface area contributed by atoms with E-state index in [9.17, 15) is 4.79 Å². The smallest absolute Gasteiger partial charge is 0.224 e. The molecule has 1 atom stereocenters. The van der Waals surface area contributed by atoms with Crippen molar-refractivity contribution in [2.75, 3.05) is 39.8 Å². The van der Waals surface area contributed by atoms with Crippen LogP contribution in [-0.2, 0) is 17.9 Å². The van der Waals surface area contributed by atoms with Crippen LogP contribution >= 0.6 is 0 Å². The zero-order valence-corrected chi connectivity index (χ0v) is 13.7. The van der Waals surface area contributed by atoms with Crippen molar-refractivity contribution >= 4 is 5.91 Å². The van der Waals surface area contributed by atoms with E-state index in [4.69, 9.17) is 5.73 Å². The quantitative estimate of drug-likeness (QED) is 0.810. The van der Waals surface area contributed by atoms with Crippen LogP contribution in [0.3, 0.4) is 0 Å². The van der Waals surface area contributed by atoms with Crippen LogP contribution in [0.5, 0.6) is 0 Å². The number of hydrogen-bond acceptors (Lipinski definition) is 4. The fourth-order valence-electron chi connectivity index (χ4n) is 2.50. The zero-order valence-electron chi connectivity index (χ0n) is 13.7. The summed E-state index contributed by atoms with van der Waals surface area (Å²) < 4.78 is 0. The van der Waals surface area contributed by atoms with Gasteiger partial charge in [0.15, 0.2) is 0 Å². The second-order valence-electron chi connectivity index (χ2n) is 6.25. The molecular weight excluding hydrogens is 276 g/mol. The molecule has 0 radical (unpaired) electrons. The number of rotatable bonds is 6. The van der Waals surface area contributed by atoms with Gasteiger partial charge in [-0.15, -0.1) is 0 Å². The average Bonchev–Trinajstić information content (AvgIpc) is 2.55. The number of hydrogen-bond donors (Lipinski definition) is 2. The maximum Gasteiger partial charge on any atom is 0.224 e. The second kappa shape index (κ2) is 8.27. The van der Waals surface area contributed by atoms with Crippen LogP contribution < -0.4 is 11.1 Å². The summed E-state index contributed by atoms with van der Waals surface area (Å²) in [5.41, 5.74) is 7.94. The van der Waals surface area contributed by atoms with Gasteiger partial charge < -0.3 is 16.0 Å². The summed E-state index contributed by atoms with van der Waals surface area (Å²) in [5, 5.41) is 2.92.